The molecule has 0 aliphatic heterocycles. The normalized spacial score (nSPS) is 11.3. The van der Waals surface area contributed by atoms with Crippen molar-refractivity contribution >= 4 is 45.5 Å². The van der Waals surface area contributed by atoms with E-state index in [2.05, 4.69) is 0 Å². The Morgan fingerprint density at radius 3 is 1.86 bits per heavy atom. The molecule has 0 bridgehead atoms. The predicted octanol–water partition coefficient (Wildman–Crippen LogP) is 1.75. The van der Waals surface area contributed by atoms with Crippen molar-refractivity contribution in [1.82, 2.24) is 0 Å². The van der Waals surface area contributed by atoms with Gasteiger partial charge >= 0.3 is 6.00 Å². The average molecular weight is 176 g/mol. The van der Waals surface area contributed by atoms with Crippen LogP contribution < -0.4 is 0 Å². The maximum atomic E-state index is 9.48. The molecule has 0 amide bonds. The van der Waals surface area contributed by atoms with E-state index in [-0.39, 0.29) is 6.04 Å². The van der Waals surface area contributed by atoms with Gasteiger partial charge < -0.3 is 0 Å². The Morgan fingerprint density at radius 2 is 1.86 bits per heavy atom. The second-order valence-electron chi connectivity index (χ2n) is 0.936. The minimum atomic E-state index is -2.66. The Balaban J connectivity index is 3.34. The van der Waals surface area contributed by atoms with Gasteiger partial charge in [-0.25, -0.2) is 0 Å². The first kappa shape index (κ1) is 7.76. The summed E-state index contributed by atoms with van der Waals surface area (Å²) in [5.74, 6) is 0. The Kier molecular flexibility index (Phi) is 3.24. The van der Waals surface area contributed by atoms with Crippen molar-refractivity contribution in [2.24, 2.45) is 0 Å². The van der Waals surface area contributed by atoms with E-state index in [4.69, 9.17) is 33.2 Å². The summed E-state index contributed by atoms with van der Waals surface area (Å²) in [6, 6.07) is -2.69. The van der Waals surface area contributed by atoms with E-state index in [0.717, 1.165) is 0 Å². The molecule has 1 nitrogen and oxygen atoms in total. The third-order valence-corrected chi connectivity index (χ3v) is 2.02. The predicted molar refractivity (Wildman–Crippen MR) is 33.8 cm³/mol. The monoisotopic (exact) mass is 175 g/mol. The summed E-state index contributed by atoms with van der Waals surface area (Å²) in [5, 5.41) is 0. The van der Waals surface area contributed by atoms with Crippen LogP contribution in [0.25, 0.3) is 0 Å². The van der Waals surface area contributed by atoms with Gasteiger partial charge in [0.2, 0.25) is 0 Å². The fourth-order valence-electron chi connectivity index (χ4n) is 0.0818. The average Bonchev–Trinajstić information content (AvgIpc) is 1.30. The van der Waals surface area contributed by atoms with E-state index in [1.165, 1.54) is 6.29 Å². The number of halogens is 3. The lowest BCUT2D eigenvalue weighted by Gasteiger charge is -1.96. The molecule has 0 unspecified atom stereocenters. The maximum Gasteiger partial charge on any atom is 0.348 e. The fourth-order valence-corrected chi connectivity index (χ4v) is 0.736. The molecule has 5 heteroatoms. The maximum absolute atomic E-state index is 9.48. The van der Waals surface area contributed by atoms with Crippen molar-refractivity contribution in [3.05, 3.63) is 0 Å². The van der Waals surface area contributed by atoms with Crippen LogP contribution in [0, 0.1) is 0 Å². The Bertz CT molecular complexity index is 67.8. The lowest BCUT2D eigenvalue weighted by atomic mass is 10.9. The van der Waals surface area contributed by atoms with E-state index < -0.39 is 6.00 Å². The van der Waals surface area contributed by atoms with Crippen molar-refractivity contribution in [2.45, 2.75) is 6.04 Å². The highest BCUT2D eigenvalue weighted by Crippen LogP contribution is 2.22. The van der Waals surface area contributed by atoms with Gasteiger partial charge in [-0.15, -0.1) is 33.2 Å². The van der Waals surface area contributed by atoms with E-state index in [1.807, 2.05) is 0 Å². The molecular weight excluding hydrogens is 174 g/mol. The largest absolute Gasteiger partial charge is 0.348 e. The third kappa shape index (κ3) is 6.76. The molecule has 0 atom stereocenters. The van der Waals surface area contributed by atoms with Crippen molar-refractivity contribution in [3.8, 4) is 0 Å². The fraction of sp³-hybridized carbons (Fsp3) is 0.500. The molecule has 7 heavy (non-hydrogen) atoms. The summed E-state index contributed by atoms with van der Waals surface area (Å²) in [7, 11) is 0. The quantitative estimate of drug-likeness (QED) is 0.463. The van der Waals surface area contributed by atoms with Gasteiger partial charge in [0.05, 0.1) is 0 Å². The molecule has 0 aromatic heterocycles. The summed E-state index contributed by atoms with van der Waals surface area (Å²) >= 11 is 15.7. The van der Waals surface area contributed by atoms with Crippen molar-refractivity contribution in [1.29, 1.82) is 0 Å². The topological polar surface area (TPSA) is 17.1 Å². The highest BCUT2D eigenvalue weighted by molar-refractivity contribution is 7.65. The minimum Gasteiger partial charge on any atom is -0.291 e. The van der Waals surface area contributed by atoms with Crippen LogP contribution in [-0.2, 0) is 4.79 Å². The highest BCUT2D eigenvalue weighted by Gasteiger charge is 2.23. The summed E-state index contributed by atoms with van der Waals surface area (Å²) in [4.78, 5) is 9.48. The second-order valence-corrected chi connectivity index (χ2v) is 10.1. The molecule has 0 saturated heterocycles. The molecule has 0 aromatic carbocycles. The summed E-state index contributed by atoms with van der Waals surface area (Å²) in [6.07, 6.45) is 1.52. The zero-order valence-corrected chi connectivity index (χ0v) is 6.52. The first-order valence-electron chi connectivity index (χ1n) is 1.48. The zero-order valence-electron chi connectivity index (χ0n) is 3.25. The molecule has 0 fully saturated rings. The van der Waals surface area contributed by atoms with Gasteiger partial charge in [-0.2, -0.15) is 0 Å². The Hall–Kier alpha value is 0.757. The molecule has 0 spiro atoms. The van der Waals surface area contributed by atoms with E-state index in [0.29, 0.717) is 0 Å². The minimum absolute atomic E-state index is 0.0301. The standard InChI is InChI=1S/C2H2Cl3OSi/c3-7(4,5)2-1-6/h2H2. The van der Waals surface area contributed by atoms with Crippen LogP contribution in [0.4, 0.5) is 0 Å². The summed E-state index contributed by atoms with van der Waals surface area (Å²) in [6.45, 7) is 0. The number of carbonyl (C=O) groups excluding carboxylic acids is 1. The van der Waals surface area contributed by atoms with Gasteiger partial charge in [0.15, 0.2) is 6.29 Å². The van der Waals surface area contributed by atoms with Gasteiger partial charge in [-0.05, 0) is 0 Å². The molecular formula is C2H2Cl3OSi. The smallest absolute Gasteiger partial charge is 0.291 e. The first-order valence-corrected chi connectivity index (χ1v) is 6.72. The van der Waals surface area contributed by atoms with E-state index in [9.17, 15) is 4.79 Å². The lowest BCUT2D eigenvalue weighted by Crippen LogP contribution is -2.07. The molecule has 0 aliphatic carbocycles. The Morgan fingerprint density at radius 1 is 1.43 bits per heavy atom. The molecule has 0 aliphatic rings. The Labute approximate surface area is 56.7 Å². The zero-order chi connectivity index (χ0) is 5.91. The second kappa shape index (κ2) is 2.92. The molecule has 0 N–H and O–H groups in total. The van der Waals surface area contributed by atoms with Crippen molar-refractivity contribution < 1.29 is 4.79 Å². The molecule has 0 heterocycles. The summed E-state index contributed by atoms with van der Waals surface area (Å²) < 4.78 is 0. The molecule has 41 valence electrons. The van der Waals surface area contributed by atoms with Gasteiger partial charge in [-0.3, -0.25) is 4.79 Å². The van der Waals surface area contributed by atoms with Crippen LogP contribution in [0.1, 0.15) is 0 Å². The highest BCUT2D eigenvalue weighted by atomic mass is 35.8. The van der Waals surface area contributed by atoms with Crippen molar-refractivity contribution in [3.63, 3.8) is 0 Å². The van der Waals surface area contributed by atoms with Gasteiger partial charge in [-0.1, -0.05) is 0 Å². The molecule has 0 aromatic rings. The summed E-state index contributed by atoms with van der Waals surface area (Å²) in [5.41, 5.74) is 0. The number of hydrogen-bond donors (Lipinski definition) is 0. The number of rotatable bonds is 2. The van der Waals surface area contributed by atoms with Crippen LogP contribution in [0.15, 0.2) is 0 Å². The van der Waals surface area contributed by atoms with Crippen LogP contribution in [0.3, 0.4) is 0 Å². The third-order valence-electron chi connectivity index (χ3n) is 0.273. The van der Waals surface area contributed by atoms with Crippen LogP contribution in [-0.4, -0.2) is 12.3 Å². The molecule has 1 radical (unpaired) electrons. The van der Waals surface area contributed by atoms with Gasteiger partial charge in [0.25, 0.3) is 0 Å². The van der Waals surface area contributed by atoms with Crippen LogP contribution in [0.5, 0.6) is 0 Å². The van der Waals surface area contributed by atoms with Gasteiger partial charge in [0.1, 0.15) is 0 Å². The lowest BCUT2D eigenvalue weighted by molar-refractivity contribution is 0.559. The van der Waals surface area contributed by atoms with Crippen LogP contribution in [0.2, 0.25) is 6.04 Å². The molecule has 0 saturated carbocycles. The van der Waals surface area contributed by atoms with E-state index in [1.54, 1.807) is 0 Å². The molecule has 0 rings (SSSR count). The number of hydrogen-bond acceptors (Lipinski definition) is 1. The van der Waals surface area contributed by atoms with Gasteiger partial charge in [0, 0.05) is 6.04 Å². The van der Waals surface area contributed by atoms with Crippen LogP contribution >= 0.6 is 33.2 Å². The van der Waals surface area contributed by atoms with Crippen molar-refractivity contribution in [2.75, 3.05) is 0 Å². The van der Waals surface area contributed by atoms with E-state index >= 15 is 0 Å². The SMILES string of the molecule is O=[C]C[Si](Cl)(Cl)Cl. The first-order chi connectivity index (χ1) is 3.06.